The molecule has 0 aliphatic heterocycles. The van der Waals surface area contributed by atoms with E-state index < -0.39 is 0 Å². The van der Waals surface area contributed by atoms with Crippen molar-refractivity contribution in [2.45, 2.75) is 6.92 Å². The second-order valence-electron chi connectivity index (χ2n) is 1.54. The molecule has 0 aromatic rings. The Kier molecular flexibility index (Phi) is 3.66. The highest BCUT2D eigenvalue weighted by molar-refractivity contribution is 5.97. The number of allylic oxidation sites excluding steroid dienone is 1. The fourth-order valence-corrected chi connectivity index (χ4v) is 0.362. The zero-order valence-electron chi connectivity index (χ0n) is 5.55. The molecule has 0 aliphatic rings. The summed E-state index contributed by atoms with van der Waals surface area (Å²) in [5.74, 6) is 1.89. The molecule has 0 saturated carbocycles. The Hall–Kier alpha value is -1.56. The van der Waals surface area contributed by atoms with Crippen LogP contribution in [0.2, 0.25) is 0 Å². The van der Waals surface area contributed by atoms with Gasteiger partial charge in [-0.15, -0.1) is 6.42 Å². The van der Waals surface area contributed by atoms with Gasteiger partial charge >= 0.3 is 0 Å². The number of ketones is 1. The van der Waals surface area contributed by atoms with Gasteiger partial charge in [0.05, 0.1) is 5.57 Å². The van der Waals surface area contributed by atoms with Crippen LogP contribution in [-0.4, -0.2) is 12.2 Å². The van der Waals surface area contributed by atoms with E-state index in [9.17, 15) is 9.59 Å². The molecule has 0 heterocycles. The Morgan fingerprint density at radius 1 is 1.70 bits per heavy atom. The lowest BCUT2D eigenvalue weighted by molar-refractivity contribution is -0.113. The van der Waals surface area contributed by atoms with Crippen molar-refractivity contribution in [3.63, 3.8) is 0 Å². The van der Waals surface area contributed by atoms with Gasteiger partial charge in [0.15, 0.2) is 5.78 Å². The molecule has 0 radical (unpaired) electrons. The Morgan fingerprint density at radius 3 is 2.60 bits per heavy atom. The Bertz CT molecular complexity index is 210. The fourth-order valence-electron chi connectivity index (χ4n) is 0.362. The first-order valence-corrected chi connectivity index (χ1v) is 2.59. The number of carbonyl (C=O) groups is 2. The largest absolute Gasteiger partial charge is 0.334 e. The van der Waals surface area contributed by atoms with E-state index in [2.05, 4.69) is 11.2 Å². The van der Waals surface area contributed by atoms with E-state index in [-0.39, 0.29) is 11.4 Å². The number of hydrogen-bond donors (Lipinski definition) is 1. The SMILES string of the molecule is C#C/C(=C/NC=O)C(C)=O. The highest BCUT2D eigenvalue weighted by atomic mass is 16.1. The third-order valence-electron chi connectivity index (χ3n) is 0.831. The van der Waals surface area contributed by atoms with Gasteiger partial charge in [-0.1, -0.05) is 5.92 Å². The van der Waals surface area contributed by atoms with Crippen molar-refractivity contribution in [1.82, 2.24) is 5.32 Å². The minimum Gasteiger partial charge on any atom is -0.334 e. The summed E-state index contributed by atoms with van der Waals surface area (Å²) < 4.78 is 0. The molecule has 0 spiro atoms. The quantitative estimate of drug-likeness (QED) is 0.333. The molecule has 0 bridgehead atoms. The van der Waals surface area contributed by atoms with Crippen LogP contribution in [0.5, 0.6) is 0 Å². The molecule has 3 nitrogen and oxygen atoms in total. The summed E-state index contributed by atoms with van der Waals surface area (Å²) in [4.78, 5) is 20.2. The van der Waals surface area contributed by atoms with Gasteiger partial charge in [-0.3, -0.25) is 9.59 Å². The molecule has 3 heteroatoms. The van der Waals surface area contributed by atoms with Gasteiger partial charge in [0.2, 0.25) is 6.41 Å². The predicted octanol–water partition coefficient (Wildman–Crippen LogP) is -0.161. The van der Waals surface area contributed by atoms with E-state index in [0.717, 1.165) is 0 Å². The monoisotopic (exact) mass is 137 g/mol. The lowest BCUT2D eigenvalue weighted by Crippen LogP contribution is -2.04. The van der Waals surface area contributed by atoms with Crippen molar-refractivity contribution in [2.24, 2.45) is 0 Å². The van der Waals surface area contributed by atoms with E-state index in [4.69, 9.17) is 6.42 Å². The molecule has 52 valence electrons. The molecule has 0 rings (SSSR count). The topological polar surface area (TPSA) is 46.2 Å². The summed E-state index contributed by atoms with van der Waals surface area (Å²) in [5.41, 5.74) is 0.159. The second-order valence-corrected chi connectivity index (χ2v) is 1.54. The summed E-state index contributed by atoms with van der Waals surface area (Å²) >= 11 is 0. The van der Waals surface area contributed by atoms with Crippen LogP contribution in [0.25, 0.3) is 0 Å². The highest BCUT2D eigenvalue weighted by Crippen LogP contribution is 1.89. The molecule has 0 saturated heterocycles. The maximum atomic E-state index is 10.5. The molecular weight excluding hydrogens is 130 g/mol. The van der Waals surface area contributed by atoms with Gasteiger partial charge in [-0.05, 0) is 6.92 Å². The molecule has 0 aromatic carbocycles. The van der Waals surface area contributed by atoms with E-state index >= 15 is 0 Å². The second kappa shape index (κ2) is 4.33. The standard InChI is InChI=1S/C7H7NO2/c1-3-7(6(2)10)4-8-5-9/h1,4-5H,2H3,(H,8,9)/b7-4-. The van der Waals surface area contributed by atoms with Crippen LogP contribution in [0.1, 0.15) is 6.92 Å². The van der Waals surface area contributed by atoms with Crippen molar-refractivity contribution >= 4 is 12.2 Å². The van der Waals surface area contributed by atoms with Gasteiger partial charge in [-0.2, -0.15) is 0 Å². The predicted molar refractivity (Wildman–Crippen MR) is 36.8 cm³/mol. The van der Waals surface area contributed by atoms with Crippen LogP contribution in [0.3, 0.4) is 0 Å². The third-order valence-corrected chi connectivity index (χ3v) is 0.831. The van der Waals surface area contributed by atoms with Crippen LogP contribution < -0.4 is 5.32 Å². The van der Waals surface area contributed by atoms with Gasteiger partial charge in [-0.25, -0.2) is 0 Å². The number of nitrogens with one attached hydrogen (secondary N) is 1. The molecule has 0 unspecified atom stereocenters. The van der Waals surface area contributed by atoms with Gasteiger partial charge in [0.1, 0.15) is 0 Å². The molecule has 0 fully saturated rings. The lowest BCUT2D eigenvalue weighted by Gasteiger charge is -1.89. The first-order valence-electron chi connectivity index (χ1n) is 2.59. The molecule has 0 aromatic heterocycles. The van der Waals surface area contributed by atoms with Crippen molar-refractivity contribution in [2.75, 3.05) is 0 Å². The minimum absolute atomic E-state index is 0.159. The number of Topliss-reactive ketones (excluding diaryl/α,β-unsaturated/α-hetero) is 1. The summed E-state index contributed by atoms with van der Waals surface area (Å²) in [7, 11) is 0. The first kappa shape index (κ1) is 8.44. The van der Waals surface area contributed by atoms with Crippen LogP contribution in [0, 0.1) is 12.3 Å². The van der Waals surface area contributed by atoms with Crippen LogP contribution in [0.4, 0.5) is 0 Å². The first-order chi connectivity index (χ1) is 4.72. The normalized spacial score (nSPS) is 9.80. The van der Waals surface area contributed by atoms with Gasteiger partial charge < -0.3 is 5.32 Å². The zero-order valence-corrected chi connectivity index (χ0v) is 5.55. The maximum absolute atomic E-state index is 10.5. The number of amides is 1. The molecule has 0 atom stereocenters. The van der Waals surface area contributed by atoms with Gasteiger partial charge in [0, 0.05) is 6.20 Å². The van der Waals surface area contributed by atoms with Crippen molar-refractivity contribution in [3.05, 3.63) is 11.8 Å². The van der Waals surface area contributed by atoms with Crippen molar-refractivity contribution in [3.8, 4) is 12.3 Å². The van der Waals surface area contributed by atoms with Crippen LogP contribution in [0.15, 0.2) is 11.8 Å². The molecule has 1 amide bonds. The van der Waals surface area contributed by atoms with E-state index in [1.54, 1.807) is 0 Å². The Balaban J connectivity index is 4.22. The zero-order chi connectivity index (χ0) is 7.98. The average Bonchev–Trinajstić information content (AvgIpc) is 1.89. The van der Waals surface area contributed by atoms with Crippen LogP contribution in [-0.2, 0) is 9.59 Å². The van der Waals surface area contributed by atoms with E-state index in [1.165, 1.54) is 13.1 Å². The lowest BCUT2D eigenvalue weighted by atomic mass is 10.2. The molecule has 0 aliphatic carbocycles. The van der Waals surface area contributed by atoms with E-state index in [1.807, 2.05) is 0 Å². The van der Waals surface area contributed by atoms with Crippen molar-refractivity contribution in [1.29, 1.82) is 0 Å². The summed E-state index contributed by atoms with van der Waals surface area (Å²) in [5, 5.41) is 2.17. The summed E-state index contributed by atoms with van der Waals surface area (Å²) in [6, 6.07) is 0. The van der Waals surface area contributed by atoms with E-state index in [0.29, 0.717) is 6.41 Å². The summed E-state index contributed by atoms with van der Waals surface area (Å²) in [6.07, 6.45) is 6.55. The molecule has 1 N–H and O–H groups in total. The number of terminal acetylenes is 1. The summed E-state index contributed by atoms with van der Waals surface area (Å²) in [6.45, 7) is 1.33. The fraction of sp³-hybridized carbons (Fsp3) is 0.143. The number of hydrogen-bond acceptors (Lipinski definition) is 2. The van der Waals surface area contributed by atoms with Gasteiger partial charge in [0.25, 0.3) is 0 Å². The number of rotatable bonds is 3. The Labute approximate surface area is 59.1 Å². The highest BCUT2D eigenvalue weighted by Gasteiger charge is 1.96. The minimum atomic E-state index is -0.239. The average molecular weight is 137 g/mol. The molecular formula is C7H7NO2. The Morgan fingerprint density at radius 2 is 2.30 bits per heavy atom. The van der Waals surface area contributed by atoms with Crippen molar-refractivity contribution < 1.29 is 9.59 Å². The smallest absolute Gasteiger partial charge is 0.211 e. The molecule has 10 heavy (non-hydrogen) atoms. The number of carbonyl (C=O) groups excluding carboxylic acids is 2. The third kappa shape index (κ3) is 2.68. The van der Waals surface area contributed by atoms with Crippen LogP contribution >= 0.6 is 0 Å². The maximum Gasteiger partial charge on any atom is 0.211 e.